The molecule has 12 heavy (non-hydrogen) atoms. The van der Waals surface area contributed by atoms with Crippen LogP contribution in [0, 0.1) is 11.8 Å². The zero-order valence-corrected chi connectivity index (χ0v) is 8.93. The van der Waals surface area contributed by atoms with Crippen LogP contribution in [-0.2, 0) is 0 Å². The lowest BCUT2D eigenvalue weighted by molar-refractivity contribution is 0.112. The Bertz CT molecular complexity index is 270. The first-order chi connectivity index (χ1) is 5.50. The third kappa shape index (κ3) is 1.09. The minimum Gasteiger partial charge on any atom is -0.386 e. The highest BCUT2D eigenvalue weighted by molar-refractivity contribution is 9.11. The third-order valence-electron chi connectivity index (χ3n) is 2.70. The van der Waals surface area contributed by atoms with E-state index in [1.807, 2.05) is 13.8 Å². The first kappa shape index (κ1) is 8.52. The maximum Gasteiger partial charge on any atom is 0.0817 e. The molecule has 2 bridgehead atoms. The number of hydrogen-bond donors (Lipinski definition) is 1. The molecule has 2 aliphatic rings. The largest absolute Gasteiger partial charge is 0.386 e. The highest BCUT2D eigenvalue weighted by Gasteiger charge is 2.39. The SMILES string of the molecule is CC(C)(O)C1=C(Br)C2C=CC1C2. The molecule has 2 atom stereocenters. The first-order valence-corrected chi connectivity index (χ1v) is 5.10. The molecule has 0 radical (unpaired) electrons. The van der Waals surface area contributed by atoms with Gasteiger partial charge in [-0.1, -0.05) is 28.1 Å². The predicted octanol–water partition coefficient (Wildman–Crippen LogP) is 2.61. The van der Waals surface area contributed by atoms with E-state index in [2.05, 4.69) is 28.1 Å². The number of rotatable bonds is 1. The Morgan fingerprint density at radius 3 is 2.33 bits per heavy atom. The number of allylic oxidation sites excluding steroid dienone is 3. The molecular formula is C10H13BrO. The summed E-state index contributed by atoms with van der Waals surface area (Å²) in [6, 6.07) is 0. The van der Waals surface area contributed by atoms with Crippen LogP contribution in [0.15, 0.2) is 22.2 Å². The Balaban J connectivity index is 2.39. The Morgan fingerprint density at radius 1 is 1.42 bits per heavy atom. The number of hydrogen-bond acceptors (Lipinski definition) is 1. The van der Waals surface area contributed by atoms with Crippen LogP contribution in [0.25, 0.3) is 0 Å². The smallest absolute Gasteiger partial charge is 0.0817 e. The molecule has 0 spiro atoms. The summed E-state index contributed by atoms with van der Waals surface area (Å²) in [6.07, 6.45) is 5.59. The normalized spacial score (nSPS) is 33.7. The molecule has 0 fully saturated rings. The van der Waals surface area contributed by atoms with E-state index in [4.69, 9.17) is 0 Å². The van der Waals surface area contributed by atoms with Gasteiger partial charge in [0, 0.05) is 16.3 Å². The second kappa shape index (κ2) is 2.46. The molecule has 1 N–H and O–H groups in total. The zero-order chi connectivity index (χ0) is 8.93. The summed E-state index contributed by atoms with van der Waals surface area (Å²) in [6.45, 7) is 3.72. The molecular weight excluding hydrogens is 216 g/mol. The van der Waals surface area contributed by atoms with Gasteiger partial charge in [-0.25, -0.2) is 0 Å². The van der Waals surface area contributed by atoms with E-state index in [1.54, 1.807) is 0 Å². The molecule has 0 saturated heterocycles. The van der Waals surface area contributed by atoms with Crippen molar-refractivity contribution in [2.45, 2.75) is 25.9 Å². The molecule has 2 aliphatic carbocycles. The standard InChI is InChI=1S/C10H13BrO/c1-10(2,12)8-6-3-4-7(5-6)9(8)11/h3-4,6-7,12H,5H2,1-2H3. The van der Waals surface area contributed by atoms with Crippen LogP contribution in [0.2, 0.25) is 0 Å². The molecule has 0 aliphatic heterocycles. The van der Waals surface area contributed by atoms with Crippen LogP contribution < -0.4 is 0 Å². The lowest BCUT2D eigenvalue weighted by atomic mass is 9.89. The molecule has 0 aromatic heterocycles. The van der Waals surface area contributed by atoms with E-state index in [0.29, 0.717) is 11.8 Å². The van der Waals surface area contributed by atoms with Gasteiger partial charge in [0.25, 0.3) is 0 Å². The van der Waals surface area contributed by atoms with E-state index < -0.39 is 5.60 Å². The van der Waals surface area contributed by atoms with Gasteiger partial charge in [-0.3, -0.25) is 0 Å². The van der Waals surface area contributed by atoms with Crippen LogP contribution in [0.3, 0.4) is 0 Å². The van der Waals surface area contributed by atoms with Gasteiger partial charge in [-0.2, -0.15) is 0 Å². The van der Waals surface area contributed by atoms with E-state index in [1.165, 1.54) is 10.1 Å². The average Bonchev–Trinajstić information content (AvgIpc) is 2.42. The molecule has 2 unspecified atom stereocenters. The van der Waals surface area contributed by atoms with Crippen LogP contribution in [0.5, 0.6) is 0 Å². The molecule has 1 nitrogen and oxygen atoms in total. The lowest BCUT2D eigenvalue weighted by Gasteiger charge is -2.25. The number of aliphatic hydroxyl groups is 1. The zero-order valence-electron chi connectivity index (χ0n) is 7.34. The summed E-state index contributed by atoms with van der Waals surface area (Å²) in [4.78, 5) is 0. The number of fused-ring (bicyclic) bond motifs is 2. The Hall–Kier alpha value is -0.0800. The van der Waals surface area contributed by atoms with Gasteiger partial charge < -0.3 is 5.11 Å². The lowest BCUT2D eigenvalue weighted by Crippen LogP contribution is -2.25. The summed E-state index contributed by atoms with van der Waals surface area (Å²) < 4.78 is 1.21. The number of halogens is 1. The van der Waals surface area contributed by atoms with Gasteiger partial charge in [-0.05, 0) is 25.8 Å². The predicted molar refractivity (Wildman–Crippen MR) is 53.0 cm³/mol. The van der Waals surface area contributed by atoms with Gasteiger partial charge in [0.1, 0.15) is 0 Å². The van der Waals surface area contributed by atoms with Crippen LogP contribution in [0.1, 0.15) is 20.3 Å². The average molecular weight is 229 g/mol. The fourth-order valence-electron chi connectivity index (χ4n) is 2.22. The summed E-state index contributed by atoms with van der Waals surface area (Å²) >= 11 is 3.57. The van der Waals surface area contributed by atoms with Crippen LogP contribution in [-0.4, -0.2) is 10.7 Å². The molecule has 0 aromatic rings. The van der Waals surface area contributed by atoms with Crippen molar-refractivity contribution in [1.29, 1.82) is 0 Å². The van der Waals surface area contributed by atoms with Crippen LogP contribution in [0.4, 0.5) is 0 Å². The van der Waals surface area contributed by atoms with E-state index >= 15 is 0 Å². The molecule has 0 heterocycles. The maximum atomic E-state index is 9.89. The van der Waals surface area contributed by atoms with Crippen molar-refractivity contribution < 1.29 is 5.11 Å². The van der Waals surface area contributed by atoms with Crippen molar-refractivity contribution in [2.75, 3.05) is 0 Å². The molecule has 0 saturated carbocycles. The quantitative estimate of drug-likeness (QED) is 0.685. The monoisotopic (exact) mass is 228 g/mol. The van der Waals surface area contributed by atoms with Gasteiger partial charge >= 0.3 is 0 Å². The van der Waals surface area contributed by atoms with E-state index in [9.17, 15) is 5.11 Å². The second-order valence-corrected chi connectivity index (χ2v) is 5.01. The van der Waals surface area contributed by atoms with Crippen molar-refractivity contribution >= 4 is 15.9 Å². The minimum atomic E-state index is -0.664. The van der Waals surface area contributed by atoms with Crippen molar-refractivity contribution in [3.8, 4) is 0 Å². The third-order valence-corrected chi connectivity index (χ3v) is 3.71. The summed E-state index contributed by atoms with van der Waals surface area (Å²) in [5, 5.41) is 9.89. The van der Waals surface area contributed by atoms with Gasteiger partial charge in [0.05, 0.1) is 5.60 Å². The summed E-state index contributed by atoms with van der Waals surface area (Å²) in [7, 11) is 0. The Morgan fingerprint density at radius 2 is 2.00 bits per heavy atom. The molecule has 2 rings (SSSR count). The van der Waals surface area contributed by atoms with E-state index in [-0.39, 0.29) is 0 Å². The van der Waals surface area contributed by atoms with Crippen molar-refractivity contribution in [2.24, 2.45) is 11.8 Å². The van der Waals surface area contributed by atoms with Crippen LogP contribution >= 0.6 is 15.9 Å². The second-order valence-electron chi connectivity index (χ2n) is 4.15. The highest BCUT2D eigenvalue weighted by atomic mass is 79.9. The minimum absolute atomic E-state index is 0.476. The fourth-order valence-corrected chi connectivity index (χ4v) is 3.34. The highest BCUT2D eigenvalue weighted by Crippen LogP contribution is 2.49. The summed E-state index contributed by atoms with van der Waals surface area (Å²) in [5.41, 5.74) is 0.512. The van der Waals surface area contributed by atoms with Gasteiger partial charge in [0.2, 0.25) is 0 Å². The Labute approximate surface area is 81.3 Å². The van der Waals surface area contributed by atoms with E-state index in [0.717, 1.165) is 6.42 Å². The van der Waals surface area contributed by atoms with Gasteiger partial charge in [0.15, 0.2) is 0 Å². The Kier molecular flexibility index (Phi) is 1.74. The fraction of sp³-hybridized carbons (Fsp3) is 0.600. The summed E-state index contributed by atoms with van der Waals surface area (Å²) in [5.74, 6) is 1.01. The molecule has 0 aromatic carbocycles. The molecule has 0 amide bonds. The van der Waals surface area contributed by atoms with Crippen molar-refractivity contribution in [3.05, 3.63) is 22.2 Å². The molecule has 2 heteroatoms. The van der Waals surface area contributed by atoms with Crippen molar-refractivity contribution in [3.63, 3.8) is 0 Å². The first-order valence-electron chi connectivity index (χ1n) is 4.31. The molecule has 66 valence electrons. The maximum absolute atomic E-state index is 9.89. The topological polar surface area (TPSA) is 20.2 Å². The van der Waals surface area contributed by atoms with Gasteiger partial charge in [-0.15, -0.1) is 0 Å². The van der Waals surface area contributed by atoms with Crippen molar-refractivity contribution in [1.82, 2.24) is 0 Å².